The van der Waals surface area contributed by atoms with Gasteiger partial charge in [0.2, 0.25) is 6.33 Å². The number of benzene rings is 3. The van der Waals surface area contributed by atoms with Gasteiger partial charge < -0.3 is 4.74 Å². The quantitative estimate of drug-likeness (QED) is 0.229. The van der Waals surface area contributed by atoms with E-state index in [1.54, 1.807) is 0 Å². The summed E-state index contributed by atoms with van der Waals surface area (Å²) in [5.41, 5.74) is 7.04. The molecule has 0 saturated heterocycles. The fourth-order valence-corrected chi connectivity index (χ4v) is 6.01. The summed E-state index contributed by atoms with van der Waals surface area (Å²) in [6, 6.07) is 23.8. The van der Waals surface area contributed by atoms with Crippen molar-refractivity contribution < 1.29 is 9.30 Å². The highest BCUT2D eigenvalue weighted by molar-refractivity contribution is 6.11. The van der Waals surface area contributed by atoms with Gasteiger partial charge in [-0.2, -0.15) is 0 Å². The van der Waals surface area contributed by atoms with Crippen LogP contribution in [0, 0.1) is 0 Å². The molecular formula is C34H33N4O+. The van der Waals surface area contributed by atoms with Crippen molar-refractivity contribution in [3.05, 3.63) is 108 Å². The Kier molecular flexibility index (Phi) is 4.90. The Morgan fingerprint density at radius 1 is 0.872 bits per heavy atom. The fourth-order valence-electron chi connectivity index (χ4n) is 6.01. The SMILES string of the molecule is C[n+]1ccn(-c2cc(Oc3ccc4c5cccc6c5n(c4c3)-c3ncccc3C6(C)C)cc(C(C)(C)C)c2)c1. The monoisotopic (exact) mass is 513 g/mol. The van der Waals surface area contributed by atoms with E-state index in [4.69, 9.17) is 9.72 Å². The van der Waals surface area contributed by atoms with Gasteiger partial charge >= 0.3 is 0 Å². The number of hydrogen-bond donors (Lipinski definition) is 0. The minimum Gasteiger partial charge on any atom is -0.457 e. The first-order valence-electron chi connectivity index (χ1n) is 13.5. The van der Waals surface area contributed by atoms with E-state index >= 15 is 0 Å². The number of nitrogens with zero attached hydrogens (tertiary/aromatic N) is 4. The molecule has 1 aliphatic heterocycles. The van der Waals surface area contributed by atoms with E-state index in [2.05, 4.69) is 117 Å². The molecule has 0 bridgehead atoms. The maximum atomic E-state index is 6.61. The van der Waals surface area contributed by atoms with Crippen LogP contribution in [-0.2, 0) is 17.9 Å². The van der Waals surface area contributed by atoms with Crippen LogP contribution in [-0.4, -0.2) is 14.1 Å². The van der Waals surface area contributed by atoms with Gasteiger partial charge in [0.1, 0.15) is 35.4 Å². The first kappa shape index (κ1) is 23.7. The average Bonchev–Trinajstić information content (AvgIpc) is 3.48. The third-order valence-electron chi connectivity index (χ3n) is 8.17. The summed E-state index contributed by atoms with van der Waals surface area (Å²) in [6.07, 6.45) is 8.07. The van der Waals surface area contributed by atoms with Crippen molar-refractivity contribution in [1.82, 2.24) is 14.1 Å². The normalized spacial score (nSPS) is 14.1. The number of para-hydroxylation sites is 1. The Morgan fingerprint density at radius 2 is 1.69 bits per heavy atom. The highest BCUT2D eigenvalue weighted by Gasteiger charge is 2.35. The summed E-state index contributed by atoms with van der Waals surface area (Å²) in [6.45, 7) is 11.3. The van der Waals surface area contributed by atoms with Crippen LogP contribution in [0.15, 0.2) is 91.6 Å². The molecule has 5 nitrogen and oxygen atoms in total. The van der Waals surface area contributed by atoms with Crippen molar-refractivity contribution in [2.45, 2.75) is 45.4 Å². The number of ether oxygens (including phenoxy) is 1. The zero-order chi connectivity index (χ0) is 27.1. The van der Waals surface area contributed by atoms with Crippen molar-refractivity contribution in [2.75, 3.05) is 0 Å². The molecule has 1 aliphatic rings. The van der Waals surface area contributed by atoms with E-state index in [0.717, 1.165) is 28.5 Å². The van der Waals surface area contributed by atoms with E-state index in [1.807, 2.05) is 30.1 Å². The summed E-state index contributed by atoms with van der Waals surface area (Å²) >= 11 is 0. The Bertz CT molecular complexity index is 1920. The molecule has 7 rings (SSSR count). The van der Waals surface area contributed by atoms with Gasteiger partial charge in [0, 0.05) is 40.1 Å². The molecule has 3 aromatic carbocycles. The molecule has 0 amide bonds. The van der Waals surface area contributed by atoms with Gasteiger partial charge in [-0.1, -0.05) is 58.9 Å². The lowest BCUT2D eigenvalue weighted by molar-refractivity contribution is -0.670. The van der Waals surface area contributed by atoms with Crippen molar-refractivity contribution in [3.8, 4) is 23.0 Å². The first-order chi connectivity index (χ1) is 18.6. The zero-order valence-electron chi connectivity index (χ0n) is 23.4. The van der Waals surface area contributed by atoms with Crippen LogP contribution in [0.2, 0.25) is 0 Å². The molecule has 0 atom stereocenters. The lowest BCUT2D eigenvalue weighted by atomic mass is 9.76. The molecule has 5 heteroatoms. The predicted octanol–water partition coefficient (Wildman–Crippen LogP) is 7.52. The van der Waals surface area contributed by atoms with Crippen molar-refractivity contribution in [1.29, 1.82) is 0 Å². The summed E-state index contributed by atoms with van der Waals surface area (Å²) in [5.74, 6) is 2.62. The number of imidazole rings is 1. The molecule has 0 radical (unpaired) electrons. The smallest absolute Gasteiger partial charge is 0.248 e. The predicted molar refractivity (Wildman–Crippen MR) is 156 cm³/mol. The number of pyridine rings is 1. The topological polar surface area (TPSA) is 35.9 Å². The number of aryl methyl sites for hydroxylation is 1. The van der Waals surface area contributed by atoms with Gasteiger partial charge in [0.05, 0.1) is 18.1 Å². The van der Waals surface area contributed by atoms with E-state index in [9.17, 15) is 0 Å². The summed E-state index contributed by atoms with van der Waals surface area (Å²) in [5, 5.41) is 2.45. The summed E-state index contributed by atoms with van der Waals surface area (Å²) in [4.78, 5) is 4.88. The minimum atomic E-state index is -0.133. The van der Waals surface area contributed by atoms with Gasteiger partial charge in [-0.3, -0.25) is 4.57 Å². The van der Waals surface area contributed by atoms with Gasteiger partial charge in [-0.15, -0.1) is 0 Å². The van der Waals surface area contributed by atoms with Crippen molar-refractivity contribution in [3.63, 3.8) is 0 Å². The molecule has 6 aromatic rings. The fraction of sp³-hybridized carbons (Fsp3) is 0.235. The molecular weight excluding hydrogens is 480 g/mol. The second-order valence-electron chi connectivity index (χ2n) is 12.3. The van der Waals surface area contributed by atoms with Crippen LogP contribution >= 0.6 is 0 Å². The Balaban J connectivity index is 1.41. The third kappa shape index (κ3) is 3.60. The molecule has 194 valence electrons. The number of rotatable bonds is 3. The molecule has 4 heterocycles. The van der Waals surface area contributed by atoms with Crippen LogP contribution in [0.1, 0.15) is 51.3 Å². The van der Waals surface area contributed by atoms with Gasteiger partial charge in [-0.05, 0) is 46.9 Å². The second-order valence-corrected chi connectivity index (χ2v) is 12.3. The van der Waals surface area contributed by atoms with Crippen LogP contribution in [0.4, 0.5) is 0 Å². The largest absolute Gasteiger partial charge is 0.457 e. The molecule has 0 aliphatic carbocycles. The molecule has 0 spiro atoms. The second kappa shape index (κ2) is 8.06. The highest BCUT2D eigenvalue weighted by atomic mass is 16.5. The van der Waals surface area contributed by atoms with E-state index in [-0.39, 0.29) is 10.8 Å². The third-order valence-corrected chi connectivity index (χ3v) is 8.17. The summed E-state index contributed by atoms with van der Waals surface area (Å²) < 4.78 is 13.1. The molecule has 0 fully saturated rings. The zero-order valence-corrected chi connectivity index (χ0v) is 23.4. The Morgan fingerprint density at radius 3 is 2.46 bits per heavy atom. The van der Waals surface area contributed by atoms with Gasteiger partial charge in [0.25, 0.3) is 0 Å². The molecule has 0 saturated carbocycles. The standard InChI is InChI=1S/C34H33N4O/c1-33(2,3)22-17-23(37-16-15-36(6)21-37)19-25(18-22)39-24-12-13-26-27-9-7-10-28-31(27)38(30(26)20-24)32-29(34(28,4)5)11-8-14-35-32/h7-21H,1-6H3/q+1. The lowest BCUT2D eigenvalue weighted by Crippen LogP contribution is -2.26. The van der Waals surface area contributed by atoms with Crippen LogP contribution < -0.4 is 9.30 Å². The highest BCUT2D eigenvalue weighted by Crippen LogP contribution is 2.47. The van der Waals surface area contributed by atoms with E-state index in [1.165, 1.54) is 33.0 Å². The van der Waals surface area contributed by atoms with E-state index in [0.29, 0.717) is 0 Å². The van der Waals surface area contributed by atoms with Crippen LogP contribution in [0.3, 0.4) is 0 Å². The van der Waals surface area contributed by atoms with Crippen molar-refractivity contribution in [2.24, 2.45) is 7.05 Å². The maximum Gasteiger partial charge on any atom is 0.248 e. The Hall–Kier alpha value is -4.38. The minimum absolute atomic E-state index is 0.0184. The summed E-state index contributed by atoms with van der Waals surface area (Å²) in [7, 11) is 2.03. The number of fused-ring (bicyclic) bond motifs is 5. The maximum absolute atomic E-state index is 6.61. The molecule has 0 unspecified atom stereocenters. The number of hydrogen-bond acceptors (Lipinski definition) is 2. The molecule has 3 aromatic heterocycles. The van der Waals surface area contributed by atoms with Crippen LogP contribution in [0.5, 0.6) is 11.5 Å². The molecule has 0 N–H and O–H groups in total. The Labute approximate surface area is 228 Å². The van der Waals surface area contributed by atoms with Gasteiger partial charge in [0.15, 0.2) is 0 Å². The van der Waals surface area contributed by atoms with Crippen molar-refractivity contribution >= 4 is 21.8 Å². The molecule has 39 heavy (non-hydrogen) atoms. The van der Waals surface area contributed by atoms with Gasteiger partial charge in [-0.25, -0.2) is 14.1 Å². The van der Waals surface area contributed by atoms with Crippen LogP contribution in [0.25, 0.3) is 33.3 Å². The van der Waals surface area contributed by atoms with E-state index < -0.39 is 0 Å². The number of aromatic nitrogens is 4. The average molecular weight is 514 g/mol. The first-order valence-corrected chi connectivity index (χ1v) is 13.5. The lowest BCUT2D eigenvalue weighted by Gasteiger charge is -2.33.